The van der Waals surface area contributed by atoms with Crippen molar-refractivity contribution in [2.45, 2.75) is 31.7 Å². The van der Waals surface area contributed by atoms with Crippen molar-refractivity contribution in [1.82, 2.24) is 5.32 Å². The van der Waals surface area contributed by atoms with E-state index < -0.39 is 0 Å². The van der Waals surface area contributed by atoms with Crippen LogP contribution < -0.4 is 10.1 Å². The summed E-state index contributed by atoms with van der Waals surface area (Å²) in [6, 6.07) is 4.68. The van der Waals surface area contributed by atoms with Gasteiger partial charge in [0.1, 0.15) is 5.75 Å². The molecule has 0 radical (unpaired) electrons. The van der Waals surface area contributed by atoms with Gasteiger partial charge in [0, 0.05) is 17.5 Å². The minimum atomic E-state index is 0.571. The molecule has 3 rings (SSSR count). The van der Waals surface area contributed by atoms with Gasteiger partial charge in [-0.2, -0.15) is 0 Å². The summed E-state index contributed by atoms with van der Waals surface area (Å²) in [7, 11) is 2.05. The Bertz CT molecular complexity index is 428. The standard InChI is InChI=1S/C14H18ClNO/c1-16-13(9-2-3-9)8-11-7-12(15)6-10-4-5-17-14(10)11/h6-7,9,13,16H,2-5,8H2,1H3. The molecule has 1 heterocycles. The highest BCUT2D eigenvalue weighted by molar-refractivity contribution is 6.30. The summed E-state index contributed by atoms with van der Waals surface area (Å²) >= 11 is 6.17. The van der Waals surface area contributed by atoms with Gasteiger partial charge in [0.05, 0.1) is 6.61 Å². The lowest BCUT2D eigenvalue weighted by molar-refractivity contribution is 0.351. The number of hydrogen-bond donors (Lipinski definition) is 1. The van der Waals surface area contributed by atoms with Crippen LogP contribution in [0, 0.1) is 5.92 Å². The monoisotopic (exact) mass is 251 g/mol. The first-order chi connectivity index (χ1) is 8.28. The topological polar surface area (TPSA) is 21.3 Å². The number of benzene rings is 1. The first-order valence-electron chi connectivity index (χ1n) is 6.39. The fourth-order valence-electron chi connectivity index (χ4n) is 2.74. The van der Waals surface area contributed by atoms with Crippen LogP contribution in [0.25, 0.3) is 0 Å². The molecule has 1 unspecified atom stereocenters. The number of likely N-dealkylation sites (N-methyl/N-ethyl adjacent to an activating group) is 1. The van der Waals surface area contributed by atoms with Crippen molar-refractivity contribution in [2.24, 2.45) is 5.92 Å². The fraction of sp³-hybridized carbons (Fsp3) is 0.571. The van der Waals surface area contributed by atoms with E-state index in [1.165, 1.54) is 24.0 Å². The van der Waals surface area contributed by atoms with Crippen molar-refractivity contribution >= 4 is 11.6 Å². The molecule has 0 amide bonds. The molecule has 1 saturated carbocycles. The molecule has 1 fully saturated rings. The molecule has 1 aliphatic carbocycles. The number of halogens is 1. The van der Waals surface area contributed by atoms with E-state index in [9.17, 15) is 0 Å². The van der Waals surface area contributed by atoms with Gasteiger partial charge in [0.15, 0.2) is 0 Å². The van der Waals surface area contributed by atoms with Crippen molar-refractivity contribution in [2.75, 3.05) is 13.7 Å². The number of hydrogen-bond acceptors (Lipinski definition) is 2. The van der Waals surface area contributed by atoms with Crippen LogP contribution in [-0.2, 0) is 12.8 Å². The Morgan fingerprint density at radius 3 is 3.00 bits per heavy atom. The van der Waals surface area contributed by atoms with Crippen molar-refractivity contribution in [3.63, 3.8) is 0 Å². The molecule has 0 aromatic heterocycles. The molecule has 17 heavy (non-hydrogen) atoms. The Hall–Kier alpha value is -0.730. The van der Waals surface area contributed by atoms with E-state index in [0.717, 1.165) is 36.1 Å². The van der Waals surface area contributed by atoms with Gasteiger partial charge in [-0.05, 0) is 55.5 Å². The first kappa shape index (κ1) is 11.4. The smallest absolute Gasteiger partial charge is 0.125 e. The molecule has 1 aromatic rings. The Morgan fingerprint density at radius 1 is 1.47 bits per heavy atom. The maximum atomic E-state index is 6.17. The van der Waals surface area contributed by atoms with Gasteiger partial charge in [-0.3, -0.25) is 0 Å². The van der Waals surface area contributed by atoms with Crippen LogP contribution in [0.3, 0.4) is 0 Å². The Balaban J connectivity index is 1.86. The maximum Gasteiger partial charge on any atom is 0.125 e. The third-order valence-corrected chi connectivity index (χ3v) is 4.05. The van der Waals surface area contributed by atoms with Crippen molar-refractivity contribution in [1.29, 1.82) is 0 Å². The van der Waals surface area contributed by atoms with Crippen LogP contribution in [-0.4, -0.2) is 19.7 Å². The lowest BCUT2D eigenvalue weighted by Crippen LogP contribution is -2.29. The second-order valence-electron chi connectivity index (χ2n) is 5.09. The third kappa shape index (κ3) is 2.29. The molecule has 3 heteroatoms. The summed E-state index contributed by atoms with van der Waals surface area (Å²) in [6.07, 6.45) is 4.74. The summed E-state index contributed by atoms with van der Waals surface area (Å²) < 4.78 is 5.74. The van der Waals surface area contributed by atoms with Gasteiger partial charge in [0.2, 0.25) is 0 Å². The van der Waals surface area contributed by atoms with Crippen LogP contribution in [0.15, 0.2) is 12.1 Å². The predicted octanol–water partition coefficient (Wildman–Crippen LogP) is 2.82. The Labute approximate surface area is 107 Å². The van der Waals surface area contributed by atoms with Crippen LogP contribution in [0.2, 0.25) is 5.02 Å². The summed E-state index contributed by atoms with van der Waals surface area (Å²) in [4.78, 5) is 0. The zero-order valence-corrected chi connectivity index (χ0v) is 10.9. The van der Waals surface area contributed by atoms with Crippen molar-refractivity contribution in [3.8, 4) is 5.75 Å². The van der Waals surface area contributed by atoms with Crippen molar-refractivity contribution in [3.05, 3.63) is 28.3 Å². The zero-order valence-electron chi connectivity index (χ0n) is 10.1. The van der Waals surface area contributed by atoms with E-state index in [0.29, 0.717) is 6.04 Å². The van der Waals surface area contributed by atoms with E-state index in [2.05, 4.69) is 18.4 Å². The molecular weight excluding hydrogens is 234 g/mol. The van der Waals surface area contributed by atoms with E-state index in [-0.39, 0.29) is 0 Å². The summed E-state index contributed by atoms with van der Waals surface area (Å²) in [5, 5.41) is 4.27. The summed E-state index contributed by atoms with van der Waals surface area (Å²) in [6.45, 7) is 0.802. The van der Waals surface area contributed by atoms with Gasteiger partial charge < -0.3 is 10.1 Å². The summed E-state index contributed by atoms with van der Waals surface area (Å²) in [5.41, 5.74) is 2.55. The van der Waals surface area contributed by atoms with Gasteiger partial charge in [-0.15, -0.1) is 0 Å². The predicted molar refractivity (Wildman–Crippen MR) is 69.9 cm³/mol. The molecule has 1 N–H and O–H groups in total. The molecule has 1 aromatic carbocycles. The van der Waals surface area contributed by atoms with Crippen LogP contribution in [0.4, 0.5) is 0 Å². The molecule has 1 aliphatic heterocycles. The van der Waals surface area contributed by atoms with E-state index in [4.69, 9.17) is 16.3 Å². The number of rotatable bonds is 4. The molecule has 0 saturated heterocycles. The van der Waals surface area contributed by atoms with Gasteiger partial charge in [0.25, 0.3) is 0 Å². The lowest BCUT2D eigenvalue weighted by Gasteiger charge is -2.17. The molecule has 2 aliphatic rings. The van der Waals surface area contributed by atoms with E-state index >= 15 is 0 Å². The molecule has 2 nitrogen and oxygen atoms in total. The Morgan fingerprint density at radius 2 is 2.29 bits per heavy atom. The highest BCUT2D eigenvalue weighted by Gasteiger charge is 2.31. The molecular formula is C14H18ClNO. The van der Waals surface area contributed by atoms with E-state index in [1.807, 2.05) is 6.07 Å². The van der Waals surface area contributed by atoms with Crippen LogP contribution >= 0.6 is 11.6 Å². The zero-order chi connectivity index (χ0) is 11.8. The molecule has 1 atom stereocenters. The molecule has 0 bridgehead atoms. The van der Waals surface area contributed by atoms with E-state index in [1.54, 1.807) is 0 Å². The highest BCUT2D eigenvalue weighted by atomic mass is 35.5. The largest absolute Gasteiger partial charge is 0.493 e. The number of fused-ring (bicyclic) bond motifs is 1. The van der Waals surface area contributed by atoms with Crippen LogP contribution in [0.5, 0.6) is 5.75 Å². The second-order valence-corrected chi connectivity index (χ2v) is 5.52. The maximum absolute atomic E-state index is 6.17. The first-order valence-corrected chi connectivity index (χ1v) is 6.77. The number of ether oxygens (including phenoxy) is 1. The Kier molecular flexibility index (Phi) is 3.01. The van der Waals surface area contributed by atoms with Gasteiger partial charge in [-0.25, -0.2) is 0 Å². The average molecular weight is 252 g/mol. The van der Waals surface area contributed by atoms with Crippen LogP contribution in [0.1, 0.15) is 24.0 Å². The average Bonchev–Trinajstić information content (AvgIpc) is 3.04. The van der Waals surface area contributed by atoms with Gasteiger partial charge >= 0.3 is 0 Å². The summed E-state index contributed by atoms with van der Waals surface area (Å²) in [5.74, 6) is 1.94. The molecule has 92 valence electrons. The third-order valence-electron chi connectivity index (χ3n) is 3.83. The van der Waals surface area contributed by atoms with Crippen molar-refractivity contribution < 1.29 is 4.74 Å². The minimum absolute atomic E-state index is 0.571. The second kappa shape index (κ2) is 4.51. The lowest BCUT2D eigenvalue weighted by atomic mass is 9.99. The molecule has 0 spiro atoms. The minimum Gasteiger partial charge on any atom is -0.493 e. The number of nitrogens with one attached hydrogen (secondary N) is 1. The van der Waals surface area contributed by atoms with Gasteiger partial charge in [-0.1, -0.05) is 11.6 Å². The highest BCUT2D eigenvalue weighted by Crippen LogP contribution is 2.38. The fourth-order valence-corrected chi connectivity index (χ4v) is 3.00. The SMILES string of the molecule is CNC(Cc1cc(Cl)cc2c1OCC2)C1CC1. The normalized spacial score (nSPS) is 19.9. The quantitative estimate of drug-likeness (QED) is 0.889.